The highest BCUT2D eigenvalue weighted by atomic mass is 79.9. The summed E-state index contributed by atoms with van der Waals surface area (Å²) in [6.45, 7) is 0. The normalized spacial score (nSPS) is 9.21. The fourth-order valence-electron chi connectivity index (χ4n) is 0.919. The van der Waals surface area contributed by atoms with Crippen LogP contribution >= 0.6 is 15.9 Å². The Morgan fingerprint density at radius 3 is 2.79 bits per heavy atom. The molecule has 0 saturated carbocycles. The first kappa shape index (κ1) is 10.5. The summed E-state index contributed by atoms with van der Waals surface area (Å²) < 4.78 is 4.89. The molecule has 4 nitrogen and oxygen atoms in total. The summed E-state index contributed by atoms with van der Waals surface area (Å²) in [6, 6.07) is 4.31. The second kappa shape index (κ2) is 4.11. The Bertz CT molecular complexity index is 423. The van der Waals surface area contributed by atoms with Crippen LogP contribution in [0.1, 0.15) is 15.9 Å². The molecule has 1 N–H and O–H groups in total. The van der Waals surface area contributed by atoms with E-state index in [2.05, 4.69) is 20.7 Å². The third-order valence-electron chi connectivity index (χ3n) is 1.61. The fraction of sp³-hybridized carbons (Fsp3) is 0.111. The average molecular weight is 256 g/mol. The number of aromatic hydroxyl groups is 1. The van der Waals surface area contributed by atoms with Gasteiger partial charge in [0, 0.05) is 4.47 Å². The summed E-state index contributed by atoms with van der Waals surface area (Å²) >= 11 is 3.08. The minimum Gasteiger partial charge on any atom is -0.507 e. The lowest BCUT2D eigenvalue weighted by atomic mass is 10.1. The number of phenols is 1. The van der Waals surface area contributed by atoms with Crippen LogP contribution in [0.2, 0.25) is 0 Å². The Kier molecular flexibility index (Phi) is 3.10. The topological polar surface area (TPSA) is 70.3 Å². The van der Waals surface area contributed by atoms with Crippen molar-refractivity contribution in [1.82, 2.24) is 0 Å². The van der Waals surface area contributed by atoms with Crippen LogP contribution in [-0.4, -0.2) is 18.2 Å². The molecule has 0 bridgehead atoms. The molecule has 72 valence electrons. The van der Waals surface area contributed by atoms with E-state index in [0.29, 0.717) is 4.47 Å². The average Bonchev–Trinajstić information content (AvgIpc) is 2.17. The molecular weight excluding hydrogens is 250 g/mol. The van der Waals surface area contributed by atoms with E-state index < -0.39 is 5.97 Å². The molecule has 0 saturated heterocycles. The molecule has 0 atom stereocenters. The number of ether oxygens (including phenoxy) is 1. The molecule has 5 heteroatoms. The van der Waals surface area contributed by atoms with Crippen LogP contribution in [0.3, 0.4) is 0 Å². The number of carbonyl (C=O) groups is 1. The van der Waals surface area contributed by atoms with Gasteiger partial charge in [0.1, 0.15) is 11.8 Å². The van der Waals surface area contributed by atoms with E-state index in [4.69, 9.17) is 5.26 Å². The van der Waals surface area contributed by atoms with Crippen LogP contribution in [0, 0.1) is 11.3 Å². The molecular formula is C9H6BrNO3. The zero-order chi connectivity index (χ0) is 10.7. The third kappa shape index (κ3) is 1.86. The van der Waals surface area contributed by atoms with Gasteiger partial charge in [0.15, 0.2) is 0 Å². The lowest BCUT2D eigenvalue weighted by molar-refractivity contribution is 0.0599. The maximum Gasteiger partial charge on any atom is 0.339 e. The van der Waals surface area contributed by atoms with E-state index in [-0.39, 0.29) is 16.9 Å². The number of benzene rings is 1. The number of esters is 1. The van der Waals surface area contributed by atoms with Crippen LogP contribution in [0.25, 0.3) is 0 Å². The fourth-order valence-corrected chi connectivity index (χ4v) is 1.41. The van der Waals surface area contributed by atoms with Crippen molar-refractivity contribution in [3.63, 3.8) is 0 Å². The molecule has 0 aromatic heterocycles. The Morgan fingerprint density at radius 1 is 1.64 bits per heavy atom. The molecule has 14 heavy (non-hydrogen) atoms. The monoisotopic (exact) mass is 255 g/mol. The van der Waals surface area contributed by atoms with Gasteiger partial charge in [-0.1, -0.05) is 0 Å². The van der Waals surface area contributed by atoms with Gasteiger partial charge in [-0.2, -0.15) is 5.26 Å². The van der Waals surface area contributed by atoms with Crippen molar-refractivity contribution >= 4 is 21.9 Å². The third-order valence-corrected chi connectivity index (χ3v) is 2.27. The highest BCUT2D eigenvalue weighted by Gasteiger charge is 2.13. The standard InChI is InChI=1S/C9H6BrNO3/c1-14-9(13)6-2-5(4-11)8(12)3-7(6)10/h2-3,12H,1H3. The van der Waals surface area contributed by atoms with Crippen molar-refractivity contribution in [2.45, 2.75) is 0 Å². The molecule has 1 aromatic rings. The summed E-state index contributed by atoms with van der Waals surface area (Å²) in [4.78, 5) is 11.2. The molecule has 0 aliphatic carbocycles. The van der Waals surface area contributed by atoms with E-state index in [0.717, 1.165) is 0 Å². The van der Waals surface area contributed by atoms with E-state index >= 15 is 0 Å². The molecule has 1 rings (SSSR count). The van der Waals surface area contributed by atoms with Gasteiger partial charge in [-0.25, -0.2) is 4.79 Å². The molecule has 0 radical (unpaired) electrons. The first-order valence-electron chi connectivity index (χ1n) is 3.61. The maximum absolute atomic E-state index is 11.2. The number of halogens is 1. The maximum atomic E-state index is 11.2. The molecule has 1 aromatic carbocycles. The van der Waals surface area contributed by atoms with E-state index in [9.17, 15) is 9.90 Å². The van der Waals surface area contributed by atoms with Gasteiger partial charge in [0.2, 0.25) is 0 Å². The Labute approximate surface area is 88.9 Å². The number of carbonyl (C=O) groups excluding carboxylic acids is 1. The van der Waals surface area contributed by atoms with Gasteiger partial charge in [-0.15, -0.1) is 0 Å². The van der Waals surface area contributed by atoms with Crippen molar-refractivity contribution in [1.29, 1.82) is 5.26 Å². The van der Waals surface area contributed by atoms with Crippen molar-refractivity contribution in [3.8, 4) is 11.8 Å². The van der Waals surface area contributed by atoms with Crippen molar-refractivity contribution in [2.24, 2.45) is 0 Å². The number of hydrogen-bond donors (Lipinski definition) is 1. The smallest absolute Gasteiger partial charge is 0.339 e. The quantitative estimate of drug-likeness (QED) is 0.778. The van der Waals surface area contributed by atoms with Gasteiger partial charge >= 0.3 is 5.97 Å². The van der Waals surface area contributed by atoms with Crippen molar-refractivity contribution in [2.75, 3.05) is 7.11 Å². The number of nitriles is 1. The van der Waals surface area contributed by atoms with Gasteiger partial charge < -0.3 is 9.84 Å². The highest BCUT2D eigenvalue weighted by Crippen LogP contribution is 2.26. The zero-order valence-electron chi connectivity index (χ0n) is 7.24. The van der Waals surface area contributed by atoms with Crippen LogP contribution in [-0.2, 0) is 4.74 Å². The van der Waals surface area contributed by atoms with Crippen LogP contribution < -0.4 is 0 Å². The second-order valence-electron chi connectivity index (χ2n) is 2.45. The Morgan fingerprint density at radius 2 is 2.29 bits per heavy atom. The summed E-state index contributed by atoms with van der Waals surface area (Å²) in [6.07, 6.45) is 0. The van der Waals surface area contributed by atoms with Gasteiger partial charge in [0.05, 0.1) is 18.2 Å². The Hall–Kier alpha value is -1.54. The predicted molar refractivity (Wildman–Crippen MR) is 51.9 cm³/mol. The summed E-state index contributed by atoms with van der Waals surface area (Å²) in [5, 5.41) is 17.9. The SMILES string of the molecule is COC(=O)c1cc(C#N)c(O)cc1Br. The van der Waals surface area contributed by atoms with Crippen molar-refractivity contribution in [3.05, 3.63) is 27.7 Å². The van der Waals surface area contributed by atoms with Gasteiger partial charge in [-0.3, -0.25) is 0 Å². The Balaban J connectivity index is 3.33. The number of hydrogen-bond acceptors (Lipinski definition) is 4. The van der Waals surface area contributed by atoms with Crippen LogP contribution in [0.5, 0.6) is 5.75 Å². The summed E-state index contributed by atoms with van der Waals surface area (Å²) in [7, 11) is 1.24. The summed E-state index contributed by atoms with van der Waals surface area (Å²) in [5.41, 5.74) is 0.246. The summed E-state index contributed by atoms with van der Waals surface area (Å²) in [5.74, 6) is -0.736. The number of phenolic OH excluding ortho intramolecular Hbond substituents is 1. The number of rotatable bonds is 1. The van der Waals surface area contributed by atoms with Crippen LogP contribution in [0.15, 0.2) is 16.6 Å². The van der Waals surface area contributed by atoms with Gasteiger partial charge in [0.25, 0.3) is 0 Å². The minimum absolute atomic E-state index is 0.0357. The molecule has 0 spiro atoms. The number of methoxy groups -OCH3 is 1. The lowest BCUT2D eigenvalue weighted by Crippen LogP contribution is -2.02. The second-order valence-corrected chi connectivity index (χ2v) is 3.31. The largest absolute Gasteiger partial charge is 0.507 e. The van der Waals surface area contributed by atoms with Crippen molar-refractivity contribution < 1.29 is 14.6 Å². The molecule has 0 heterocycles. The van der Waals surface area contributed by atoms with Crippen LogP contribution in [0.4, 0.5) is 0 Å². The van der Waals surface area contributed by atoms with E-state index in [1.807, 2.05) is 0 Å². The van der Waals surface area contributed by atoms with Gasteiger partial charge in [-0.05, 0) is 28.1 Å². The first-order valence-corrected chi connectivity index (χ1v) is 4.40. The molecule has 0 aliphatic rings. The molecule has 0 aliphatic heterocycles. The molecule has 0 unspecified atom stereocenters. The first-order chi connectivity index (χ1) is 6.60. The van der Waals surface area contributed by atoms with E-state index in [1.165, 1.54) is 19.2 Å². The highest BCUT2D eigenvalue weighted by molar-refractivity contribution is 9.10. The van der Waals surface area contributed by atoms with E-state index in [1.54, 1.807) is 6.07 Å². The number of nitrogens with zero attached hydrogens (tertiary/aromatic N) is 1. The molecule has 0 fully saturated rings. The zero-order valence-corrected chi connectivity index (χ0v) is 8.83. The predicted octanol–water partition coefficient (Wildman–Crippen LogP) is 1.81. The minimum atomic E-state index is -0.562. The lowest BCUT2D eigenvalue weighted by Gasteiger charge is -2.03. The molecule has 0 amide bonds.